The van der Waals surface area contributed by atoms with Gasteiger partial charge in [-0.2, -0.15) is 4.31 Å². The van der Waals surface area contributed by atoms with Gasteiger partial charge in [-0.1, -0.05) is 6.07 Å². The van der Waals surface area contributed by atoms with Gasteiger partial charge in [0.25, 0.3) is 5.91 Å². The van der Waals surface area contributed by atoms with Gasteiger partial charge in [0, 0.05) is 50.5 Å². The van der Waals surface area contributed by atoms with Crippen LogP contribution in [0.1, 0.15) is 28.8 Å². The minimum absolute atomic E-state index is 0.161. The molecule has 30 heavy (non-hydrogen) atoms. The summed E-state index contributed by atoms with van der Waals surface area (Å²) in [6, 6.07) is 11.3. The number of halogens is 1. The van der Waals surface area contributed by atoms with E-state index in [0.29, 0.717) is 50.4 Å². The molecule has 4 rings (SSSR count). The summed E-state index contributed by atoms with van der Waals surface area (Å²) in [7, 11) is -3.58. The fraction of sp³-hybridized carbons (Fsp3) is 0.409. The van der Waals surface area contributed by atoms with Crippen LogP contribution in [0.4, 0.5) is 10.1 Å². The molecule has 160 valence electrons. The van der Waals surface area contributed by atoms with Gasteiger partial charge in [0.05, 0.1) is 4.90 Å². The Hall–Kier alpha value is -2.45. The molecule has 2 fully saturated rings. The summed E-state index contributed by atoms with van der Waals surface area (Å²) in [4.78, 5) is 17.1. The average molecular weight is 432 g/mol. The maximum absolute atomic E-state index is 13.1. The Bertz CT molecular complexity index is 1030. The zero-order chi connectivity index (χ0) is 21.3. The van der Waals surface area contributed by atoms with Crippen LogP contribution in [-0.4, -0.2) is 62.8 Å². The van der Waals surface area contributed by atoms with Crippen molar-refractivity contribution < 1.29 is 17.6 Å². The van der Waals surface area contributed by atoms with Gasteiger partial charge in [0.15, 0.2) is 0 Å². The fourth-order valence-corrected chi connectivity index (χ4v) is 5.85. The maximum atomic E-state index is 13.1. The third kappa shape index (κ3) is 4.06. The van der Waals surface area contributed by atoms with Crippen molar-refractivity contribution in [1.29, 1.82) is 0 Å². The lowest BCUT2D eigenvalue weighted by Gasteiger charge is -2.36. The van der Waals surface area contributed by atoms with Crippen LogP contribution in [0.2, 0.25) is 0 Å². The highest BCUT2D eigenvalue weighted by Crippen LogP contribution is 2.25. The van der Waals surface area contributed by atoms with Crippen molar-refractivity contribution in [2.24, 2.45) is 0 Å². The first-order valence-electron chi connectivity index (χ1n) is 10.3. The summed E-state index contributed by atoms with van der Waals surface area (Å²) in [6.45, 7) is 5.16. The first kappa shape index (κ1) is 20.8. The van der Waals surface area contributed by atoms with Gasteiger partial charge < -0.3 is 9.80 Å². The number of nitrogens with zero attached hydrogens (tertiary/aromatic N) is 3. The SMILES string of the molecule is Cc1ccc(C(=O)N2CCN(c3ccc(F)cc3)CC2)cc1S(=O)(=O)N1CCCC1. The van der Waals surface area contributed by atoms with Gasteiger partial charge in [-0.15, -0.1) is 0 Å². The molecule has 2 aliphatic rings. The second-order valence-corrected chi connectivity index (χ2v) is 9.75. The molecular weight excluding hydrogens is 405 g/mol. The Kier molecular flexibility index (Phi) is 5.79. The topological polar surface area (TPSA) is 60.9 Å². The standard InChI is InChI=1S/C22H26FN3O3S/c1-17-4-5-18(16-21(17)30(28,29)26-10-2-3-11-26)22(27)25-14-12-24(13-15-25)20-8-6-19(23)7-9-20/h4-9,16H,2-3,10-15H2,1H3. The number of aryl methyl sites for hydroxylation is 1. The fourth-order valence-electron chi connectivity index (χ4n) is 4.08. The third-order valence-electron chi connectivity index (χ3n) is 5.88. The summed E-state index contributed by atoms with van der Waals surface area (Å²) < 4.78 is 40.6. The average Bonchev–Trinajstić information content (AvgIpc) is 3.30. The summed E-state index contributed by atoms with van der Waals surface area (Å²) in [5, 5.41) is 0. The number of sulfonamides is 1. The largest absolute Gasteiger partial charge is 0.368 e. The Morgan fingerprint density at radius 3 is 2.17 bits per heavy atom. The van der Waals surface area contributed by atoms with Crippen LogP contribution in [-0.2, 0) is 10.0 Å². The lowest BCUT2D eigenvalue weighted by Crippen LogP contribution is -2.48. The van der Waals surface area contributed by atoms with Crippen LogP contribution in [0.5, 0.6) is 0 Å². The van der Waals surface area contributed by atoms with E-state index < -0.39 is 10.0 Å². The van der Waals surface area contributed by atoms with E-state index in [-0.39, 0.29) is 16.6 Å². The van der Waals surface area contributed by atoms with Gasteiger partial charge in [-0.05, 0) is 61.7 Å². The molecule has 0 unspecified atom stereocenters. The summed E-state index contributed by atoms with van der Waals surface area (Å²) in [6.07, 6.45) is 1.74. The van der Waals surface area contributed by atoms with Crippen molar-refractivity contribution in [2.45, 2.75) is 24.7 Å². The molecule has 6 nitrogen and oxygen atoms in total. The van der Waals surface area contributed by atoms with Crippen LogP contribution in [0.15, 0.2) is 47.4 Å². The van der Waals surface area contributed by atoms with E-state index in [4.69, 9.17) is 0 Å². The maximum Gasteiger partial charge on any atom is 0.254 e. The molecule has 2 heterocycles. The van der Waals surface area contributed by atoms with Crippen LogP contribution in [0.3, 0.4) is 0 Å². The van der Waals surface area contributed by atoms with E-state index in [1.54, 1.807) is 36.1 Å². The minimum atomic E-state index is -3.58. The Labute approximate surface area is 176 Å². The van der Waals surface area contributed by atoms with Crippen molar-refractivity contribution in [3.63, 3.8) is 0 Å². The monoisotopic (exact) mass is 431 g/mol. The first-order chi connectivity index (χ1) is 14.4. The van der Waals surface area contributed by atoms with Crippen molar-refractivity contribution in [3.8, 4) is 0 Å². The number of benzene rings is 2. The number of carbonyl (C=O) groups is 1. The quantitative estimate of drug-likeness (QED) is 0.747. The Morgan fingerprint density at radius 1 is 0.900 bits per heavy atom. The van der Waals surface area contributed by atoms with E-state index in [2.05, 4.69) is 4.90 Å². The van der Waals surface area contributed by atoms with Crippen molar-refractivity contribution in [2.75, 3.05) is 44.2 Å². The number of amides is 1. The van der Waals surface area contributed by atoms with Gasteiger partial charge in [0.2, 0.25) is 10.0 Å². The zero-order valence-electron chi connectivity index (χ0n) is 17.1. The predicted octanol–water partition coefficient (Wildman–Crippen LogP) is 2.88. The van der Waals surface area contributed by atoms with Crippen LogP contribution in [0, 0.1) is 12.7 Å². The molecule has 2 aromatic rings. The normalized spacial score (nSPS) is 18.1. The molecule has 0 atom stereocenters. The number of carbonyl (C=O) groups excluding carboxylic acids is 1. The first-order valence-corrected chi connectivity index (χ1v) is 11.7. The number of anilines is 1. The van der Waals surface area contributed by atoms with Crippen LogP contribution < -0.4 is 4.90 Å². The highest BCUT2D eigenvalue weighted by molar-refractivity contribution is 7.89. The highest BCUT2D eigenvalue weighted by Gasteiger charge is 2.30. The number of piperazine rings is 1. The highest BCUT2D eigenvalue weighted by atomic mass is 32.2. The van der Waals surface area contributed by atoms with E-state index in [9.17, 15) is 17.6 Å². The molecule has 0 spiro atoms. The molecule has 1 amide bonds. The Morgan fingerprint density at radius 2 is 1.53 bits per heavy atom. The number of rotatable bonds is 4. The van der Waals surface area contributed by atoms with Crippen molar-refractivity contribution >= 4 is 21.6 Å². The van der Waals surface area contributed by atoms with Crippen molar-refractivity contribution in [1.82, 2.24) is 9.21 Å². The molecule has 0 aromatic heterocycles. The molecule has 2 aliphatic heterocycles. The summed E-state index contributed by atoms with van der Waals surface area (Å²) >= 11 is 0. The summed E-state index contributed by atoms with van der Waals surface area (Å²) in [5.74, 6) is -0.432. The van der Waals surface area contributed by atoms with E-state index in [1.807, 2.05) is 0 Å². The molecule has 2 aromatic carbocycles. The second-order valence-electron chi connectivity index (χ2n) is 7.85. The molecule has 0 bridgehead atoms. The second kappa shape index (κ2) is 8.35. The van der Waals surface area contributed by atoms with Crippen LogP contribution >= 0.6 is 0 Å². The van der Waals surface area contributed by atoms with Crippen LogP contribution in [0.25, 0.3) is 0 Å². The third-order valence-corrected chi connectivity index (χ3v) is 7.92. The van der Waals surface area contributed by atoms with Crippen molar-refractivity contribution in [3.05, 3.63) is 59.4 Å². The summed E-state index contributed by atoms with van der Waals surface area (Å²) in [5.41, 5.74) is 1.98. The van der Waals surface area contributed by atoms with Gasteiger partial charge in [-0.25, -0.2) is 12.8 Å². The minimum Gasteiger partial charge on any atom is -0.368 e. The molecular formula is C22H26FN3O3S. The lowest BCUT2D eigenvalue weighted by molar-refractivity contribution is 0.0746. The molecule has 2 saturated heterocycles. The lowest BCUT2D eigenvalue weighted by atomic mass is 10.1. The zero-order valence-corrected chi connectivity index (χ0v) is 17.9. The molecule has 0 radical (unpaired) electrons. The van der Waals surface area contributed by atoms with Gasteiger partial charge >= 0.3 is 0 Å². The van der Waals surface area contributed by atoms with E-state index in [0.717, 1.165) is 18.5 Å². The number of hydrogen-bond donors (Lipinski definition) is 0. The van der Waals surface area contributed by atoms with E-state index >= 15 is 0 Å². The predicted molar refractivity (Wildman–Crippen MR) is 114 cm³/mol. The van der Waals surface area contributed by atoms with E-state index in [1.165, 1.54) is 22.5 Å². The molecule has 8 heteroatoms. The smallest absolute Gasteiger partial charge is 0.254 e. The number of hydrogen-bond acceptors (Lipinski definition) is 4. The molecule has 0 saturated carbocycles. The molecule has 0 N–H and O–H groups in total. The molecule has 0 aliphatic carbocycles. The van der Waals surface area contributed by atoms with Gasteiger partial charge in [-0.3, -0.25) is 4.79 Å². The van der Waals surface area contributed by atoms with Gasteiger partial charge in [0.1, 0.15) is 5.82 Å². The Balaban J connectivity index is 1.48.